The number of benzene rings is 1. The maximum absolute atomic E-state index is 12.4. The second-order valence-corrected chi connectivity index (χ2v) is 6.27. The van der Waals surface area contributed by atoms with E-state index in [0.717, 1.165) is 37.6 Å². The quantitative estimate of drug-likeness (QED) is 0.849. The van der Waals surface area contributed by atoms with Gasteiger partial charge in [-0.05, 0) is 30.7 Å². The Balaban J connectivity index is 1.72. The van der Waals surface area contributed by atoms with Gasteiger partial charge in [-0.3, -0.25) is 9.78 Å². The molecular formula is C19H26N4O3. The number of piperazine rings is 1. The van der Waals surface area contributed by atoms with Crippen molar-refractivity contribution in [3.05, 3.63) is 45.9 Å². The lowest BCUT2D eigenvalue weighted by atomic mass is 10.2. The molecule has 0 spiro atoms. The minimum atomic E-state index is -0.0675. The number of nitrogens with one attached hydrogen (secondary N) is 1. The Morgan fingerprint density at radius 1 is 1.08 bits per heavy atom. The van der Waals surface area contributed by atoms with Crippen LogP contribution >= 0.6 is 0 Å². The van der Waals surface area contributed by atoms with Gasteiger partial charge < -0.3 is 19.3 Å². The van der Waals surface area contributed by atoms with Crippen LogP contribution in [0.1, 0.15) is 18.2 Å². The monoisotopic (exact) mass is 358 g/mol. The molecule has 0 amide bonds. The molecule has 0 radical (unpaired) electrons. The van der Waals surface area contributed by atoms with Crippen molar-refractivity contribution in [2.24, 2.45) is 0 Å². The minimum absolute atomic E-state index is 0.0675. The van der Waals surface area contributed by atoms with Gasteiger partial charge in [0.05, 0.1) is 19.4 Å². The Hall–Kier alpha value is -2.54. The van der Waals surface area contributed by atoms with E-state index in [1.54, 1.807) is 14.2 Å². The van der Waals surface area contributed by atoms with E-state index in [-0.39, 0.29) is 5.56 Å². The van der Waals surface area contributed by atoms with E-state index in [1.807, 2.05) is 19.1 Å². The average Bonchev–Trinajstić information content (AvgIpc) is 2.68. The number of aromatic amines is 1. The molecule has 2 heterocycles. The average molecular weight is 358 g/mol. The van der Waals surface area contributed by atoms with E-state index in [9.17, 15) is 4.79 Å². The van der Waals surface area contributed by atoms with E-state index in [1.165, 1.54) is 5.69 Å². The molecule has 26 heavy (non-hydrogen) atoms. The van der Waals surface area contributed by atoms with Gasteiger partial charge in [-0.1, -0.05) is 6.92 Å². The number of H-pyrrole nitrogens is 1. The highest BCUT2D eigenvalue weighted by Crippen LogP contribution is 2.21. The largest absolute Gasteiger partial charge is 0.497 e. The predicted octanol–water partition coefficient (Wildman–Crippen LogP) is 1.81. The van der Waals surface area contributed by atoms with Gasteiger partial charge in [0, 0.05) is 44.5 Å². The first-order valence-corrected chi connectivity index (χ1v) is 8.91. The normalized spacial score (nSPS) is 14.6. The lowest BCUT2D eigenvalue weighted by molar-refractivity contribution is 0.180. The van der Waals surface area contributed by atoms with Crippen LogP contribution in [-0.4, -0.2) is 50.4 Å². The van der Waals surface area contributed by atoms with Gasteiger partial charge in [0.1, 0.15) is 5.75 Å². The summed E-state index contributed by atoms with van der Waals surface area (Å²) in [7, 11) is 3.29. The van der Waals surface area contributed by atoms with Crippen LogP contribution in [0.2, 0.25) is 0 Å². The number of aromatic nitrogens is 2. The van der Waals surface area contributed by atoms with Crippen molar-refractivity contribution in [2.45, 2.75) is 20.0 Å². The highest BCUT2D eigenvalue weighted by atomic mass is 16.5. The summed E-state index contributed by atoms with van der Waals surface area (Å²) in [4.78, 5) is 24.4. The summed E-state index contributed by atoms with van der Waals surface area (Å²) < 4.78 is 10.4. The van der Waals surface area contributed by atoms with Crippen LogP contribution in [0.4, 0.5) is 11.6 Å². The van der Waals surface area contributed by atoms with Gasteiger partial charge in [-0.25, -0.2) is 4.98 Å². The first-order chi connectivity index (χ1) is 12.7. The number of ether oxygens (including phenoxy) is 2. The zero-order valence-corrected chi connectivity index (χ0v) is 15.6. The van der Waals surface area contributed by atoms with Crippen LogP contribution in [-0.2, 0) is 17.8 Å². The highest BCUT2D eigenvalue weighted by Gasteiger charge is 2.20. The van der Waals surface area contributed by atoms with Gasteiger partial charge in [-0.15, -0.1) is 0 Å². The molecule has 2 aromatic rings. The zero-order chi connectivity index (χ0) is 18.5. The van der Waals surface area contributed by atoms with Gasteiger partial charge in [-0.2, -0.15) is 0 Å². The third kappa shape index (κ3) is 3.83. The molecular weight excluding hydrogens is 332 g/mol. The SMILES string of the molecule is CCc1c(COC)nc(N2CCN(c3ccc(OC)cc3)CC2)[nH]c1=O. The van der Waals surface area contributed by atoms with Crippen molar-refractivity contribution in [3.63, 3.8) is 0 Å². The van der Waals surface area contributed by atoms with Gasteiger partial charge in [0.25, 0.3) is 5.56 Å². The lowest BCUT2D eigenvalue weighted by Gasteiger charge is -2.36. The Morgan fingerprint density at radius 2 is 1.73 bits per heavy atom. The molecule has 7 nitrogen and oxygen atoms in total. The van der Waals surface area contributed by atoms with Crippen molar-refractivity contribution >= 4 is 11.6 Å². The molecule has 0 atom stereocenters. The molecule has 0 unspecified atom stereocenters. The standard InChI is InChI=1S/C19H26N4O3/c1-4-16-17(13-25-2)20-19(21-18(16)24)23-11-9-22(10-12-23)14-5-7-15(26-3)8-6-14/h5-8H,4,9-13H2,1-3H3,(H,20,21,24). The fraction of sp³-hybridized carbons (Fsp3) is 0.474. The van der Waals surface area contributed by atoms with Crippen LogP contribution < -0.4 is 20.1 Å². The van der Waals surface area contributed by atoms with Gasteiger partial charge in [0.2, 0.25) is 5.95 Å². The van der Waals surface area contributed by atoms with E-state index in [2.05, 4.69) is 31.9 Å². The molecule has 1 N–H and O–H groups in total. The molecule has 0 bridgehead atoms. The topological polar surface area (TPSA) is 70.7 Å². The summed E-state index contributed by atoms with van der Waals surface area (Å²) in [6.07, 6.45) is 0.645. The van der Waals surface area contributed by atoms with E-state index in [4.69, 9.17) is 9.47 Å². The first kappa shape index (κ1) is 18.3. The van der Waals surface area contributed by atoms with Crippen molar-refractivity contribution < 1.29 is 9.47 Å². The van der Waals surface area contributed by atoms with Crippen molar-refractivity contribution in [1.29, 1.82) is 0 Å². The molecule has 7 heteroatoms. The first-order valence-electron chi connectivity index (χ1n) is 8.91. The molecule has 1 aromatic heterocycles. The van der Waals surface area contributed by atoms with Crippen molar-refractivity contribution in [1.82, 2.24) is 9.97 Å². The lowest BCUT2D eigenvalue weighted by Crippen LogP contribution is -2.47. The molecule has 3 rings (SSSR count). The summed E-state index contributed by atoms with van der Waals surface area (Å²) >= 11 is 0. The van der Waals surface area contributed by atoms with Crippen molar-refractivity contribution in [2.75, 3.05) is 50.2 Å². The third-order valence-electron chi connectivity index (χ3n) is 4.74. The molecule has 1 fully saturated rings. The Labute approximate surface area is 153 Å². The molecule has 140 valence electrons. The highest BCUT2D eigenvalue weighted by molar-refractivity contribution is 5.50. The van der Waals surface area contributed by atoms with Gasteiger partial charge in [0.15, 0.2) is 0 Å². The molecule has 0 aliphatic carbocycles. The fourth-order valence-electron chi connectivity index (χ4n) is 3.27. The number of rotatable bonds is 6. The van der Waals surface area contributed by atoms with Crippen molar-refractivity contribution in [3.8, 4) is 5.75 Å². The minimum Gasteiger partial charge on any atom is -0.497 e. The summed E-state index contributed by atoms with van der Waals surface area (Å²) in [6.45, 7) is 5.64. The van der Waals surface area contributed by atoms with E-state index in [0.29, 0.717) is 24.5 Å². The molecule has 1 aliphatic rings. The summed E-state index contributed by atoms with van der Waals surface area (Å²) in [5.74, 6) is 1.49. The number of nitrogens with zero attached hydrogens (tertiary/aromatic N) is 3. The predicted molar refractivity (Wildman–Crippen MR) is 102 cm³/mol. The summed E-state index contributed by atoms with van der Waals surface area (Å²) in [5, 5.41) is 0. The second-order valence-electron chi connectivity index (χ2n) is 6.27. The molecule has 0 saturated carbocycles. The Morgan fingerprint density at radius 3 is 2.31 bits per heavy atom. The number of hydrogen-bond donors (Lipinski definition) is 1. The Bertz CT molecular complexity index is 780. The molecule has 1 aromatic carbocycles. The third-order valence-corrected chi connectivity index (χ3v) is 4.74. The summed E-state index contributed by atoms with van der Waals surface area (Å²) in [6, 6.07) is 8.09. The van der Waals surface area contributed by atoms with Crippen LogP contribution in [0.5, 0.6) is 5.75 Å². The van der Waals surface area contributed by atoms with Crippen LogP contribution in [0, 0.1) is 0 Å². The van der Waals surface area contributed by atoms with Crippen LogP contribution in [0.15, 0.2) is 29.1 Å². The smallest absolute Gasteiger partial charge is 0.255 e. The number of hydrogen-bond acceptors (Lipinski definition) is 6. The van der Waals surface area contributed by atoms with Crippen LogP contribution in [0.25, 0.3) is 0 Å². The van der Waals surface area contributed by atoms with Crippen LogP contribution in [0.3, 0.4) is 0 Å². The van der Waals surface area contributed by atoms with E-state index >= 15 is 0 Å². The zero-order valence-electron chi connectivity index (χ0n) is 15.6. The maximum Gasteiger partial charge on any atom is 0.255 e. The number of anilines is 2. The second kappa shape index (κ2) is 8.23. The Kier molecular flexibility index (Phi) is 5.78. The summed E-state index contributed by atoms with van der Waals surface area (Å²) in [5.41, 5.74) is 2.54. The maximum atomic E-state index is 12.4. The van der Waals surface area contributed by atoms with Gasteiger partial charge >= 0.3 is 0 Å². The fourth-order valence-corrected chi connectivity index (χ4v) is 3.27. The molecule has 1 saturated heterocycles. The molecule has 1 aliphatic heterocycles. The number of methoxy groups -OCH3 is 2. The van der Waals surface area contributed by atoms with E-state index < -0.39 is 0 Å².